The summed E-state index contributed by atoms with van der Waals surface area (Å²) in [6.07, 6.45) is 1.70. The van der Waals surface area contributed by atoms with Crippen LogP contribution in [0.5, 0.6) is 0 Å². The molecule has 0 saturated carbocycles. The zero-order valence-electron chi connectivity index (χ0n) is 10.2. The van der Waals surface area contributed by atoms with Crippen molar-refractivity contribution >= 4 is 17.6 Å². The van der Waals surface area contributed by atoms with E-state index in [0.29, 0.717) is 5.69 Å². The molecule has 0 spiro atoms. The first-order valence-corrected chi connectivity index (χ1v) is 6.62. The quantitative estimate of drug-likeness (QED) is 0.503. The lowest BCUT2D eigenvalue weighted by atomic mass is 10.2. The molecule has 0 unspecified atom stereocenters. The molecule has 4 heteroatoms. The molecule has 3 nitrogen and oxygen atoms in total. The van der Waals surface area contributed by atoms with Gasteiger partial charge in [-0.2, -0.15) is 0 Å². The number of nitrogen functional groups attached to an aromatic ring is 1. The van der Waals surface area contributed by atoms with Gasteiger partial charge in [-0.25, -0.2) is 0 Å². The highest BCUT2D eigenvalue weighted by Crippen LogP contribution is 2.22. The van der Waals surface area contributed by atoms with E-state index >= 15 is 0 Å². The lowest BCUT2D eigenvalue weighted by molar-refractivity contribution is 1.22. The Morgan fingerprint density at radius 3 is 2.67 bits per heavy atom. The van der Waals surface area contributed by atoms with Gasteiger partial charge in [-0.1, -0.05) is 17.7 Å². The fraction of sp³-hybridized carbons (Fsp3) is 0.143. The first-order chi connectivity index (χ1) is 8.65. The zero-order chi connectivity index (χ0) is 13.0. The topological polar surface area (TPSA) is 62.8 Å². The van der Waals surface area contributed by atoms with Crippen LogP contribution in [0.3, 0.4) is 0 Å². The minimum Gasteiger partial charge on any atom is -0.382 e. The van der Waals surface area contributed by atoms with Crippen molar-refractivity contribution in [3.63, 3.8) is 0 Å². The van der Waals surface area contributed by atoms with Gasteiger partial charge in [0.15, 0.2) is 0 Å². The van der Waals surface area contributed by atoms with E-state index in [2.05, 4.69) is 36.2 Å². The number of thioether (sulfide) groups is 1. The summed E-state index contributed by atoms with van der Waals surface area (Å²) in [6.45, 7) is 2.08. The van der Waals surface area contributed by atoms with Crippen molar-refractivity contribution in [3.8, 4) is 0 Å². The third-order valence-corrected chi connectivity index (χ3v) is 3.61. The number of hydrogen-bond acceptors (Lipinski definition) is 3. The Morgan fingerprint density at radius 2 is 2.00 bits per heavy atom. The number of hydrogen-bond donors (Lipinski definition) is 2. The van der Waals surface area contributed by atoms with Gasteiger partial charge in [0.2, 0.25) is 0 Å². The summed E-state index contributed by atoms with van der Waals surface area (Å²) in [5, 5.41) is 7.36. The van der Waals surface area contributed by atoms with Crippen molar-refractivity contribution in [2.24, 2.45) is 5.73 Å². The van der Waals surface area contributed by atoms with Crippen molar-refractivity contribution < 1.29 is 0 Å². The van der Waals surface area contributed by atoms with Crippen molar-refractivity contribution in [2.75, 3.05) is 0 Å². The molecule has 2 aromatic rings. The third-order valence-electron chi connectivity index (χ3n) is 2.53. The number of nitrogens with zero attached hydrogens (tertiary/aromatic N) is 1. The minimum absolute atomic E-state index is 0.0113. The first-order valence-electron chi connectivity index (χ1n) is 5.64. The maximum absolute atomic E-state index is 7.36. The number of aromatic nitrogens is 1. The number of amidine groups is 1. The van der Waals surface area contributed by atoms with Crippen LogP contribution in [0.2, 0.25) is 0 Å². The van der Waals surface area contributed by atoms with Crippen molar-refractivity contribution in [2.45, 2.75) is 17.6 Å². The van der Waals surface area contributed by atoms with E-state index in [1.165, 1.54) is 10.5 Å². The number of aryl methyl sites for hydroxylation is 1. The second kappa shape index (κ2) is 5.69. The SMILES string of the molecule is Cc1ccc(SCc2ccnc(C(=N)N)c2)cc1. The van der Waals surface area contributed by atoms with Crippen molar-refractivity contribution in [3.05, 3.63) is 59.4 Å². The van der Waals surface area contributed by atoms with E-state index < -0.39 is 0 Å². The predicted octanol–water partition coefficient (Wildman–Crippen LogP) is 2.97. The normalized spacial score (nSPS) is 10.3. The van der Waals surface area contributed by atoms with E-state index in [4.69, 9.17) is 11.1 Å². The molecule has 0 fully saturated rings. The molecule has 0 aliphatic carbocycles. The molecule has 2 rings (SSSR count). The smallest absolute Gasteiger partial charge is 0.141 e. The summed E-state index contributed by atoms with van der Waals surface area (Å²) in [7, 11) is 0. The summed E-state index contributed by atoms with van der Waals surface area (Å²) < 4.78 is 0. The predicted molar refractivity (Wildman–Crippen MR) is 76.0 cm³/mol. The molecule has 3 N–H and O–H groups in total. The van der Waals surface area contributed by atoms with Gasteiger partial charge in [0.25, 0.3) is 0 Å². The van der Waals surface area contributed by atoms with Crippen LogP contribution in [0.1, 0.15) is 16.8 Å². The van der Waals surface area contributed by atoms with E-state index in [9.17, 15) is 0 Å². The Hall–Kier alpha value is -1.81. The molecule has 0 radical (unpaired) electrons. The lowest BCUT2D eigenvalue weighted by Gasteiger charge is -2.04. The van der Waals surface area contributed by atoms with Crippen LogP contribution in [0.4, 0.5) is 0 Å². The lowest BCUT2D eigenvalue weighted by Crippen LogP contribution is -2.13. The molecule has 1 heterocycles. The summed E-state index contributed by atoms with van der Waals surface area (Å²) >= 11 is 1.76. The molecule has 92 valence electrons. The van der Waals surface area contributed by atoms with E-state index in [0.717, 1.165) is 11.3 Å². The summed E-state index contributed by atoms with van der Waals surface area (Å²) in [4.78, 5) is 5.28. The van der Waals surface area contributed by atoms with Gasteiger partial charge in [-0.3, -0.25) is 10.4 Å². The summed E-state index contributed by atoms with van der Waals surface area (Å²) in [5.74, 6) is 0.864. The fourth-order valence-electron chi connectivity index (χ4n) is 1.51. The molecule has 0 amide bonds. The van der Waals surface area contributed by atoms with Crippen LogP contribution in [0.25, 0.3) is 0 Å². The highest BCUT2D eigenvalue weighted by Gasteiger charge is 2.01. The van der Waals surface area contributed by atoms with E-state index in [1.54, 1.807) is 18.0 Å². The second-order valence-electron chi connectivity index (χ2n) is 4.06. The number of pyridine rings is 1. The van der Waals surface area contributed by atoms with Crippen molar-refractivity contribution in [1.82, 2.24) is 4.98 Å². The Balaban J connectivity index is 2.04. The maximum atomic E-state index is 7.36. The van der Waals surface area contributed by atoms with Crippen LogP contribution < -0.4 is 5.73 Å². The number of rotatable bonds is 4. The largest absolute Gasteiger partial charge is 0.382 e. The maximum Gasteiger partial charge on any atom is 0.141 e. The molecule has 18 heavy (non-hydrogen) atoms. The zero-order valence-corrected chi connectivity index (χ0v) is 11.0. The average molecular weight is 257 g/mol. The molecule has 0 atom stereocenters. The summed E-state index contributed by atoms with van der Waals surface area (Å²) in [5.41, 5.74) is 8.35. The average Bonchev–Trinajstić information content (AvgIpc) is 2.38. The Morgan fingerprint density at radius 1 is 1.28 bits per heavy atom. The van der Waals surface area contributed by atoms with Gasteiger partial charge in [0, 0.05) is 16.8 Å². The van der Waals surface area contributed by atoms with Crippen LogP contribution in [0, 0.1) is 12.3 Å². The molecule has 0 aliphatic rings. The molecule has 0 saturated heterocycles. The van der Waals surface area contributed by atoms with Gasteiger partial charge < -0.3 is 5.73 Å². The summed E-state index contributed by atoms with van der Waals surface area (Å²) in [6, 6.07) is 12.3. The van der Waals surface area contributed by atoms with Crippen molar-refractivity contribution in [1.29, 1.82) is 5.41 Å². The molecule has 1 aromatic heterocycles. The molecular weight excluding hydrogens is 242 g/mol. The Bertz CT molecular complexity index is 549. The van der Waals surface area contributed by atoms with Gasteiger partial charge in [-0.15, -0.1) is 11.8 Å². The molecule has 1 aromatic carbocycles. The van der Waals surface area contributed by atoms with E-state index in [-0.39, 0.29) is 5.84 Å². The van der Waals surface area contributed by atoms with Gasteiger partial charge >= 0.3 is 0 Å². The second-order valence-corrected chi connectivity index (χ2v) is 5.11. The first kappa shape index (κ1) is 12.6. The minimum atomic E-state index is 0.0113. The van der Waals surface area contributed by atoms with Gasteiger partial charge in [0.1, 0.15) is 11.5 Å². The molecule has 0 bridgehead atoms. The Kier molecular flexibility index (Phi) is 3.99. The fourth-order valence-corrected chi connectivity index (χ4v) is 2.35. The van der Waals surface area contributed by atoms with Crippen LogP contribution in [-0.2, 0) is 5.75 Å². The standard InChI is InChI=1S/C14H15N3S/c1-10-2-4-12(5-3-10)18-9-11-6-7-17-13(8-11)14(15)16/h2-8H,9H2,1H3,(H3,15,16). The highest BCUT2D eigenvalue weighted by molar-refractivity contribution is 7.98. The van der Waals surface area contributed by atoms with Gasteiger partial charge in [0.05, 0.1) is 0 Å². The number of nitrogens with one attached hydrogen (secondary N) is 1. The monoisotopic (exact) mass is 257 g/mol. The number of benzene rings is 1. The van der Waals surface area contributed by atoms with Gasteiger partial charge in [-0.05, 0) is 36.8 Å². The molecular formula is C14H15N3S. The van der Waals surface area contributed by atoms with Crippen LogP contribution >= 0.6 is 11.8 Å². The van der Waals surface area contributed by atoms with E-state index in [1.807, 2.05) is 12.1 Å². The highest BCUT2D eigenvalue weighted by atomic mass is 32.2. The molecule has 0 aliphatic heterocycles. The Labute approximate surface area is 111 Å². The number of nitrogens with two attached hydrogens (primary N) is 1. The third kappa shape index (κ3) is 3.34. The van der Waals surface area contributed by atoms with Crippen LogP contribution in [-0.4, -0.2) is 10.8 Å². The van der Waals surface area contributed by atoms with Crippen LogP contribution in [0.15, 0.2) is 47.5 Å².